The Bertz CT molecular complexity index is 1140. The molecule has 1 amide bonds. The molecule has 0 aliphatic heterocycles. The van der Waals surface area contributed by atoms with Gasteiger partial charge >= 0.3 is 5.69 Å². The van der Waals surface area contributed by atoms with Crippen LogP contribution < -0.4 is 16.6 Å². The Morgan fingerprint density at radius 3 is 2.63 bits per heavy atom. The molecule has 0 bridgehead atoms. The van der Waals surface area contributed by atoms with Crippen molar-refractivity contribution in [3.8, 4) is 0 Å². The van der Waals surface area contributed by atoms with Gasteiger partial charge in [0, 0.05) is 26.3 Å². The molecule has 0 atom stereocenters. The number of imidazole rings is 1. The number of amides is 1. The van der Waals surface area contributed by atoms with Gasteiger partial charge in [-0.15, -0.1) is 0 Å². The summed E-state index contributed by atoms with van der Waals surface area (Å²) >= 11 is 1.22. The Balaban J connectivity index is 1.86. The second kappa shape index (κ2) is 7.43. The van der Waals surface area contributed by atoms with Crippen LogP contribution in [0.2, 0.25) is 0 Å². The number of hydrogen-bond donors (Lipinski definition) is 1. The lowest BCUT2D eigenvalue weighted by Gasteiger charge is -2.06. The summed E-state index contributed by atoms with van der Waals surface area (Å²) in [6.45, 7) is 3.99. The highest BCUT2D eigenvalue weighted by Crippen LogP contribution is 2.20. The van der Waals surface area contributed by atoms with Crippen LogP contribution in [0.4, 0.5) is 5.69 Å². The summed E-state index contributed by atoms with van der Waals surface area (Å²) in [5.41, 5.74) is 1.69. The van der Waals surface area contributed by atoms with E-state index in [4.69, 9.17) is 0 Å². The summed E-state index contributed by atoms with van der Waals surface area (Å²) in [7, 11) is 3.30. The third-order valence-corrected chi connectivity index (χ3v) is 5.30. The van der Waals surface area contributed by atoms with Crippen LogP contribution in [0.15, 0.2) is 39.0 Å². The first-order valence-electron chi connectivity index (χ1n) is 8.49. The number of nitrogens with zero attached hydrogens (tertiary/aromatic N) is 4. The molecule has 8 nitrogen and oxygen atoms in total. The number of hydrogen-bond acceptors (Lipinski definition) is 5. The maximum absolute atomic E-state index is 12.6. The van der Waals surface area contributed by atoms with Gasteiger partial charge in [-0.1, -0.05) is 23.9 Å². The molecule has 1 aromatic carbocycles. The van der Waals surface area contributed by atoms with Gasteiger partial charge in [-0.25, -0.2) is 9.78 Å². The van der Waals surface area contributed by atoms with Crippen LogP contribution in [0.3, 0.4) is 0 Å². The summed E-state index contributed by atoms with van der Waals surface area (Å²) in [5.74, 6) is -0.0291. The van der Waals surface area contributed by atoms with Crippen molar-refractivity contribution >= 4 is 34.5 Å². The van der Waals surface area contributed by atoms with E-state index in [0.29, 0.717) is 16.3 Å². The van der Waals surface area contributed by atoms with Crippen molar-refractivity contribution < 1.29 is 4.79 Å². The van der Waals surface area contributed by atoms with Crippen molar-refractivity contribution in [3.05, 3.63) is 50.7 Å². The zero-order valence-corrected chi connectivity index (χ0v) is 16.5. The molecule has 2 aromatic heterocycles. The van der Waals surface area contributed by atoms with Gasteiger partial charge < -0.3 is 9.88 Å². The predicted molar refractivity (Wildman–Crippen MR) is 106 cm³/mol. The average molecular weight is 387 g/mol. The molecule has 0 aliphatic carbocycles. The van der Waals surface area contributed by atoms with Crippen molar-refractivity contribution in [2.75, 3.05) is 11.1 Å². The molecule has 0 aliphatic rings. The van der Waals surface area contributed by atoms with E-state index in [1.165, 1.54) is 20.9 Å². The smallest absolute Gasteiger partial charge is 0.325 e. The Kier molecular flexibility index (Phi) is 5.22. The minimum Gasteiger partial charge on any atom is -0.325 e. The number of fused-ring (bicyclic) bond motifs is 1. The topological polar surface area (TPSA) is 90.9 Å². The highest BCUT2D eigenvalue weighted by atomic mass is 32.2. The molecule has 0 saturated heterocycles. The third kappa shape index (κ3) is 3.55. The van der Waals surface area contributed by atoms with Crippen molar-refractivity contribution in [1.82, 2.24) is 18.7 Å². The van der Waals surface area contributed by atoms with Crippen LogP contribution in [0.5, 0.6) is 0 Å². The van der Waals surface area contributed by atoms with Crippen molar-refractivity contribution in [1.29, 1.82) is 0 Å². The lowest BCUT2D eigenvalue weighted by Crippen LogP contribution is -2.39. The highest BCUT2D eigenvalue weighted by Gasteiger charge is 2.18. The molecular weight excluding hydrogens is 366 g/mol. The maximum Gasteiger partial charge on any atom is 0.332 e. The second-order valence-electron chi connectivity index (χ2n) is 6.22. The van der Waals surface area contributed by atoms with Crippen LogP contribution in [-0.2, 0) is 25.4 Å². The van der Waals surface area contributed by atoms with Crippen LogP contribution in [0, 0.1) is 6.92 Å². The number of benzene rings is 1. The van der Waals surface area contributed by atoms with Crippen LogP contribution in [-0.4, -0.2) is 30.3 Å². The minimum atomic E-state index is -0.401. The molecule has 2 heterocycles. The summed E-state index contributed by atoms with van der Waals surface area (Å²) in [5, 5.41) is 3.34. The van der Waals surface area contributed by atoms with Crippen molar-refractivity contribution in [2.24, 2.45) is 14.1 Å². The van der Waals surface area contributed by atoms with E-state index in [0.717, 1.165) is 11.3 Å². The number of thioether (sulfide) groups is 1. The van der Waals surface area contributed by atoms with Gasteiger partial charge in [-0.3, -0.25) is 18.7 Å². The Morgan fingerprint density at radius 1 is 1.22 bits per heavy atom. The van der Waals surface area contributed by atoms with Gasteiger partial charge in [0.05, 0.1) is 5.75 Å². The summed E-state index contributed by atoms with van der Waals surface area (Å²) < 4.78 is 4.16. The number of aryl methyl sites for hydroxylation is 3. The zero-order chi connectivity index (χ0) is 19.7. The zero-order valence-electron chi connectivity index (χ0n) is 15.6. The largest absolute Gasteiger partial charge is 0.332 e. The maximum atomic E-state index is 12.6. The number of nitrogens with one attached hydrogen (secondary N) is 1. The molecule has 142 valence electrons. The van der Waals surface area contributed by atoms with Gasteiger partial charge in [-0.2, -0.15) is 0 Å². The lowest BCUT2D eigenvalue weighted by molar-refractivity contribution is -0.113. The molecule has 0 saturated carbocycles. The Hall–Kier alpha value is -2.81. The molecular formula is C18H21N5O3S. The van der Waals surface area contributed by atoms with Crippen molar-refractivity contribution in [2.45, 2.75) is 25.5 Å². The average Bonchev–Trinajstić information content (AvgIpc) is 2.95. The Labute approximate surface area is 159 Å². The fourth-order valence-corrected chi connectivity index (χ4v) is 3.65. The standard InChI is InChI=1S/C18H21N5O3S/c1-5-23-16(25)14-15(22(4)18(23)26)20-17(21(14)3)27-10-13(24)19-12-8-6-7-11(2)9-12/h6-9H,5,10H2,1-4H3,(H,19,24). The molecule has 1 N–H and O–H groups in total. The van der Waals surface area contributed by atoms with Crippen LogP contribution in [0.1, 0.15) is 12.5 Å². The number of anilines is 1. The van der Waals surface area contributed by atoms with E-state index in [1.807, 2.05) is 31.2 Å². The first-order valence-corrected chi connectivity index (χ1v) is 9.47. The van der Waals surface area contributed by atoms with E-state index in [-0.39, 0.29) is 23.8 Å². The molecule has 0 unspecified atom stereocenters. The van der Waals surface area contributed by atoms with Crippen LogP contribution >= 0.6 is 11.8 Å². The van der Waals surface area contributed by atoms with E-state index in [2.05, 4.69) is 10.3 Å². The quantitative estimate of drug-likeness (QED) is 0.670. The lowest BCUT2D eigenvalue weighted by atomic mass is 10.2. The fourth-order valence-electron chi connectivity index (χ4n) is 2.88. The van der Waals surface area contributed by atoms with Crippen LogP contribution in [0.25, 0.3) is 11.2 Å². The molecule has 9 heteroatoms. The Morgan fingerprint density at radius 2 is 1.96 bits per heavy atom. The third-order valence-electron chi connectivity index (χ3n) is 4.27. The molecule has 27 heavy (non-hydrogen) atoms. The van der Waals surface area contributed by atoms with E-state index in [1.54, 1.807) is 25.6 Å². The van der Waals surface area contributed by atoms with E-state index < -0.39 is 5.69 Å². The molecule has 0 radical (unpaired) electrons. The predicted octanol–water partition coefficient (Wildman–Crippen LogP) is 1.49. The monoisotopic (exact) mass is 387 g/mol. The highest BCUT2D eigenvalue weighted by molar-refractivity contribution is 7.99. The SMILES string of the molecule is CCn1c(=O)c2c(nc(SCC(=O)Nc3cccc(C)c3)n2C)n(C)c1=O. The van der Waals surface area contributed by atoms with Gasteiger partial charge in [0.1, 0.15) is 0 Å². The number of carbonyl (C=O) groups excluding carboxylic acids is 1. The van der Waals surface area contributed by atoms with E-state index >= 15 is 0 Å². The number of aromatic nitrogens is 4. The summed E-state index contributed by atoms with van der Waals surface area (Å²) in [6.07, 6.45) is 0. The molecule has 0 fully saturated rings. The summed E-state index contributed by atoms with van der Waals surface area (Å²) in [6, 6.07) is 7.55. The van der Waals surface area contributed by atoms with E-state index in [9.17, 15) is 14.4 Å². The first-order chi connectivity index (χ1) is 12.8. The fraction of sp³-hybridized carbons (Fsp3) is 0.333. The van der Waals surface area contributed by atoms with Gasteiger partial charge in [0.15, 0.2) is 16.3 Å². The minimum absolute atomic E-state index is 0.140. The summed E-state index contributed by atoms with van der Waals surface area (Å²) in [4.78, 5) is 41.5. The number of rotatable bonds is 5. The van der Waals surface area contributed by atoms with Gasteiger partial charge in [0.25, 0.3) is 5.56 Å². The molecule has 3 aromatic rings. The normalized spacial score (nSPS) is 11.1. The van der Waals surface area contributed by atoms with Gasteiger partial charge in [-0.05, 0) is 31.5 Å². The molecule has 0 spiro atoms. The van der Waals surface area contributed by atoms with Crippen molar-refractivity contribution in [3.63, 3.8) is 0 Å². The molecule has 3 rings (SSSR count). The first kappa shape index (κ1) is 19.0. The second-order valence-corrected chi connectivity index (χ2v) is 7.17. The number of carbonyl (C=O) groups is 1. The van der Waals surface area contributed by atoms with Gasteiger partial charge in [0.2, 0.25) is 5.91 Å².